The molecule has 0 atom stereocenters. The summed E-state index contributed by atoms with van der Waals surface area (Å²) in [7, 11) is 0. The number of likely N-dealkylation sites (N-methyl/N-ethyl adjacent to an activating group) is 1. The number of benzene rings is 1. The number of amides is 1. The molecule has 1 aromatic carbocycles. The van der Waals surface area contributed by atoms with E-state index in [1.165, 1.54) is 0 Å². The highest BCUT2D eigenvalue weighted by Crippen LogP contribution is 2.11. The molecule has 2 aromatic rings. The Bertz CT molecular complexity index is 600. The molecule has 6 heteroatoms. The predicted molar refractivity (Wildman–Crippen MR) is 67.2 cm³/mol. The minimum absolute atomic E-state index is 0.0625. The molecule has 96 valence electrons. The molecule has 1 heterocycles. The van der Waals surface area contributed by atoms with Crippen molar-refractivity contribution < 1.29 is 9.21 Å². The number of aromatic amines is 1. The fourth-order valence-corrected chi connectivity index (χ4v) is 1.60. The molecule has 2 rings (SSSR count). The number of oxazole rings is 1. The third kappa shape index (κ3) is 2.98. The van der Waals surface area contributed by atoms with Crippen molar-refractivity contribution >= 4 is 17.0 Å². The topological polar surface area (TPSA) is 87.1 Å². The van der Waals surface area contributed by atoms with E-state index in [4.69, 9.17) is 4.42 Å². The monoisotopic (exact) mass is 249 g/mol. The van der Waals surface area contributed by atoms with E-state index in [0.717, 1.165) is 12.1 Å². The Kier molecular flexibility index (Phi) is 3.78. The number of hydrogen-bond donors (Lipinski definition) is 3. The van der Waals surface area contributed by atoms with Crippen LogP contribution in [-0.2, 0) is 11.3 Å². The van der Waals surface area contributed by atoms with Gasteiger partial charge in [0.1, 0.15) is 0 Å². The van der Waals surface area contributed by atoms with Gasteiger partial charge in [0.05, 0.1) is 12.1 Å². The molecule has 0 bridgehead atoms. The largest absolute Gasteiger partial charge is 0.417 e. The third-order valence-electron chi connectivity index (χ3n) is 2.51. The van der Waals surface area contributed by atoms with Crippen LogP contribution < -0.4 is 16.4 Å². The average molecular weight is 249 g/mol. The van der Waals surface area contributed by atoms with Gasteiger partial charge in [0.15, 0.2) is 5.58 Å². The average Bonchev–Trinajstić information content (AvgIpc) is 2.73. The summed E-state index contributed by atoms with van der Waals surface area (Å²) < 4.78 is 4.94. The second-order valence-corrected chi connectivity index (χ2v) is 3.90. The van der Waals surface area contributed by atoms with Crippen LogP contribution >= 0.6 is 0 Å². The van der Waals surface area contributed by atoms with Crippen LogP contribution in [-0.4, -0.2) is 24.0 Å². The number of hydrogen-bond acceptors (Lipinski definition) is 4. The van der Waals surface area contributed by atoms with Gasteiger partial charge in [-0.15, -0.1) is 0 Å². The lowest BCUT2D eigenvalue weighted by molar-refractivity contribution is -0.120. The maximum atomic E-state index is 11.4. The second kappa shape index (κ2) is 5.50. The summed E-state index contributed by atoms with van der Waals surface area (Å²) in [6.45, 7) is 3.41. The predicted octanol–water partition coefficient (Wildman–Crippen LogP) is 0.347. The first kappa shape index (κ1) is 12.4. The molecule has 1 amide bonds. The molecule has 0 radical (unpaired) electrons. The molecule has 6 nitrogen and oxygen atoms in total. The number of nitrogens with one attached hydrogen (secondary N) is 3. The van der Waals surface area contributed by atoms with Crippen molar-refractivity contribution in [1.29, 1.82) is 0 Å². The number of aromatic nitrogens is 1. The smallest absolute Gasteiger partial charge is 0.408 e. The Labute approximate surface area is 103 Å². The first-order chi connectivity index (χ1) is 8.69. The van der Waals surface area contributed by atoms with Crippen LogP contribution in [0.15, 0.2) is 27.4 Å². The van der Waals surface area contributed by atoms with Gasteiger partial charge in [-0.1, -0.05) is 13.0 Å². The zero-order valence-corrected chi connectivity index (χ0v) is 10.1. The van der Waals surface area contributed by atoms with E-state index in [0.29, 0.717) is 24.2 Å². The lowest BCUT2D eigenvalue weighted by atomic mass is 10.2. The lowest BCUT2D eigenvalue weighted by Gasteiger charge is -2.05. The Balaban J connectivity index is 1.99. The first-order valence-electron chi connectivity index (χ1n) is 5.78. The SMILES string of the molecule is CCNCC(=O)NCc1ccc2[nH]c(=O)oc2c1. The molecule has 0 spiro atoms. The molecular formula is C12H15N3O3. The van der Waals surface area contributed by atoms with Gasteiger partial charge in [-0.2, -0.15) is 0 Å². The van der Waals surface area contributed by atoms with Crippen LogP contribution in [0.3, 0.4) is 0 Å². The summed E-state index contributed by atoms with van der Waals surface area (Å²) in [6.07, 6.45) is 0. The van der Waals surface area contributed by atoms with Gasteiger partial charge < -0.3 is 15.1 Å². The van der Waals surface area contributed by atoms with E-state index in [1.54, 1.807) is 12.1 Å². The van der Waals surface area contributed by atoms with Crippen LogP contribution in [0.2, 0.25) is 0 Å². The molecule has 0 saturated carbocycles. The van der Waals surface area contributed by atoms with Gasteiger partial charge >= 0.3 is 5.76 Å². The highest BCUT2D eigenvalue weighted by atomic mass is 16.4. The van der Waals surface area contributed by atoms with Gasteiger partial charge in [-0.3, -0.25) is 9.78 Å². The minimum Gasteiger partial charge on any atom is -0.408 e. The molecule has 3 N–H and O–H groups in total. The van der Waals surface area contributed by atoms with E-state index in [2.05, 4.69) is 15.6 Å². The highest BCUT2D eigenvalue weighted by Gasteiger charge is 2.04. The zero-order valence-electron chi connectivity index (χ0n) is 10.1. The van der Waals surface area contributed by atoms with Crippen LogP contribution in [0.5, 0.6) is 0 Å². The second-order valence-electron chi connectivity index (χ2n) is 3.90. The fraction of sp³-hybridized carbons (Fsp3) is 0.333. The summed E-state index contributed by atoms with van der Waals surface area (Å²) in [4.78, 5) is 24.9. The van der Waals surface area contributed by atoms with Gasteiger partial charge in [0, 0.05) is 6.54 Å². The summed E-state index contributed by atoms with van der Waals surface area (Å²) >= 11 is 0. The standard InChI is InChI=1S/C12H15N3O3/c1-2-13-7-11(16)14-6-8-3-4-9-10(5-8)18-12(17)15-9/h3-5,13H,2,6-7H2,1H3,(H,14,16)(H,15,17). The van der Waals surface area contributed by atoms with E-state index < -0.39 is 5.76 Å². The highest BCUT2D eigenvalue weighted by molar-refractivity contribution is 5.78. The molecule has 0 saturated heterocycles. The van der Waals surface area contributed by atoms with Crippen molar-refractivity contribution in [2.75, 3.05) is 13.1 Å². The van der Waals surface area contributed by atoms with Crippen LogP contribution in [0.4, 0.5) is 0 Å². The molecule has 0 aliphatic carbocycles. The van der Waals surface area contributed by atoms with Crippen molar-refractivity contribution in [2.24, 2.45) is 0 Å². The normalized spacial score (nSPS) is 10.7. The lowest BCUT2D eigenvalue weighted by Crippen LogP contribution is -2.33. The number of carbonyl (C=O) groups excluding carboxylic acids is 1. The molecule has 1 aromatic heterocycles. The summed E-state index contributed by atoms with van der Waals surface area (Å²) in [5, 5.41) is 5.71. The van der Waals surface area contributed by atoms with Crippen LogP contribution in [0.25, 0.3) is 11.1 Å². The summed E-state index contributed by atoms with van der Waals surface area (Å²) in [5.74, 6) is -0.536. The van der Waals surface area contributed by atoms with Gasteiger partial charge in [0.2, 0.25) is 5.91 Å². The van der Waals surface area contributed by atoms with Crippen molar-refractivity contribution in [1.82, 2.24) is 15.6 Å². The zero-order chi connectivity index (χ0) is 13.0. The van der Waals surface area contributed by atoms with Crippen LogP contribution in [0.1, 0.15) is 12.5 Å². The van der Waals surface area contributed by atoms with Gasteiger partial charge in [0.25, 0.3) is 0 Å². The molecule has 18 heavy (non-hydrogen) atoms. The molecule has 0 aliphatic rings. The van der Waals surface area contributed by atoms with Crippen LogP contribution in [0, 0.1) is 0 Å². The van der Waals surface area contributed by atoms with Crippen molar-refractivity contribution in [3.63, 3.8) is 0 Å². The van der Waals surface area contributed by atoms with Crippen molar-refractivity contribution in [3.8, 4) is 0 Å². The first-order valence-corrected chi connectivity index (χ1v) is 5.78. The number of H-pyrrole nitrogens is 1. The van der Waals surface area contributed by atoms with Crippen molar-refractivity contribution in [3.05, 3.63) is 34.3 Å². The Morgan fingerprint density at radius 1 is 1.44 bits per heavy atom. The van der Waals surface area contributed by atoms with Gasteiger partial charge in [-0.05, 0) is 24.2 Å². The maximum Gasteiger partial charge on any atom is 0.417 e. The molecule has 0 aliphatic heterocycles. The molecule has 0 fully saturated rings. The number of fused-ring (bicyclic) bond motifs is 1. The van der Waals surface area contributed by atoms with Gasteiger partial charge in [-0.25, -0.2) is 4.79 Å². The number of rotatable bonds is 5. The fourth-order valence-electron chi connectivity index (χ4n) is 1.60. The Hall–Kier alpha value is -2.08. The van der Waals surface area contributed by atoms with E-state index in [9.17, 15) is 9.59 Å². The maximum absolute atomic E-state index is 11.4. The van der Waals surface area contributed by atoms with Crippen molar-refractivity contribution in [2.45, 2.75) is 13.5 Å². The third-order valence-corrected chi connectivity index (χ3v) is 2.51. The Morgan fingerprint density at radius 3 is 3.06 bits per heavy atom. The summed E-state index contributed by atoms with van der Waals surface area (Å²) in [6, 6.07) is 5.33. The molecule has 0 unspecified atom stereocenters. The van der Waals surface area contributed by atoms with E-state index >= 15 is 0 Å². The molecular weight excluding hydrogens is 234 g/mol. The Morgan fingerprint density at radius 2 is 2.28 bits per heavy atom. The minimum atomic E-state index is -0.474. The quantitative estimate of drug-likeness (QED) is 0.713. The van der Waals surface area contributed by atoms with E-state index in [1.807, 2.05) is 13.0 Å². The number of carbonyl (C=O) groups is 1. The summed E-state index contributed by atoms with van der Waals surface area (Å²) in [5.41, 5.74) is 2.04. The van der Waals surface area contributed by atoms with E-state index in [-0.39, 0.29) is 5.91 Å².